The van der Waals surface area contributed by atoms with Gasteiger partial charge in [0.1, 0.15) is 23.6 Å². The summed E-state index contributed by atoms with van der Waals surface area (Å²) in [5.74, 6) is 0.757. The minimum Gasteiger partial charge on any atom is -0.497 e. The molecule has 2 fully saturated rings. The molecule has 2 aromatic rings. The van der Waals surface area contributed by atoms with Crippen LogP contribution in [0, 0.1) is 0 Å². The van der Waals surface area contributed by atoms with E-state index in [-0.39, 0.29) is 24.4 Å². The minimum atomic E-state index is -1.06. The van der Waals surface area contributed by atoms with Crippen molar-refractivity contribution in [2.45, 2.75) is 37.3 Å². The summed E-state index contributed by atoms with van der Waals surface area (Å²) in [6.45, 7) is 0.277. The molecule has 0 radical (unpaired) electrons. The zero-order valence-electron chi connectivity index (χ0n) is 18.8. The first-order chi connectivity index (χ1) is 16.0. The monoisotopic (exact) mass is 449 g/mol. The maximum atomic E-state index is 13.4. The van der Waals surface area contributed by atoms with Gasteiger partial charge >= 0.3 is 6.03 Å². The number of benzene rings is 2. The van der Waals surface area contributed by atoms with Crippen LogP contribution in [0.15, 0.2) is 42.5 Å². The van der Waals surface area contributed by atoms with Gasteiger partial charge in [0.25, 0.3) is 5.91 Å². The topological polar surface area (TPSA) is 88.2 Å². The Balaban J connectivity index is 1.38. The van der Waals surface area contributed by atoms with Crippen LogP contribution in [0.3, 0.4) is 0 Å². The number of methoxy groups -OCH3 is 2. The predicted octanol–water partition coefficient (Wildman–Crippen LogP) is 2.76. The van der Waals surface area contributed by atoms with E-state index in [1.807, 2.05) is 42.5 Å². The molecule has 5 rings (SSSR count). The molecule has 2 atom stereocenters. The van der Waals surface area contributed by atoms with Crippen molar-refractivity contribution in [2.24, 2.45) is 0 Å². The normalized spacial score (nSPS) is 23.8. The minimum absolute atomic E-state index is 0.204. The molecule has 2 heterocycles. The number of urea groups is 1. The van der Waals surface area contributed by atoms with Crippen molar-refractivity contribution in [1.29, 1.82) is 0 Å². The maximum Gasteiger partial charge on any atom is 0.325 e. The van der Waals surface area contributed by atoms with E-state index in [9.17, 15) is 14.4 Å². The van der Waals surface area contributed by atoms with Crippen molar-refractivity contribution >= 4 is 17.8 Å². The number of ether oxygens (including phenoxy) is 2. The van der Waals surface area contributed by atoms with E-state index in [0.29, 0.717) is 30.9 Å². The van der Waals surface area contributed by atoms with Crippen LogP contribution in [-0.4, -0.2) is 55.0 Å². The quantitative estimate of drug-likeness (QED) is 0.710. The SMILES string of the molecule is COc1ccc(OC)c([C@H]2CCCN2C(=O)CN2C(=O)N[C@@]3(CCc4ccccc43)C2=O)c1. The van der Waals surface area contributed by atoms with E-state index >= 15 is 0 Å². The molecule has 0 unspecified atom stereocenters. The number of fused-ring (bicyclic) bond motifs is 2. The van der Waals surface area contributed by atoms with Gasteiger partial charge in [-0.05, 0) is 55.0 Å². The molecular weight excluding hydrogens is 422 g/mol. The van der Waals surface area contributed by atoms with Crippen molar-refractivity contribution in [3.63, 3.8) is 0 Å². The Morgan fingerprint density at radius 3 is 2.76 bits per heavy atom. The third-order valence-electron chi connectivity index (χ3n) is 7.08. The van der Waals surface area contributed by atoms with E-state index < -0.39 is 11.6 Å². The summed E-state index contributed by atoms with van der Waals surface area (Å²) >= 11 is 0. The van der Waals surface area contributed by atoms with Gasteiger partial charge in [-0.25, -0.2) is 4.79 Å². The standard InChI is InChI=1S/C25H27N3O5/c1-32-17-9-10-21(33-2)18(14-17)20-8-5-13-27(20)22(29)15-28-23(30)25(26-24(28)31)12-11-16-6-3-4-7-19(16)25/h3-4,6-7,9-10,14,20H,5,8,11-13,15H2,1-2H3,(H,26,31)/t20-,25-/m1/s1. The number of likely N-dealkylation sites (tertiary alicyclic amines) is 1. The van der Waals surface area contributed by atoms with Gasteiger partial charge in [-0.1, -0.05) is 24.3 Å². The Bertz CT molecular complexity index is 1130. The van der Waals surface area contributed by atoms with Crippen molar-refractivity contribution < 1.29 is 23.9 Å². The number of carbonyl (C=O) groups excluding carboxylic acids is 3. The molecule has 8 heteroatoms. The Labute approximate surface area is 192 Å². The van der Waals surface area contributed by atoms with Crippen LogP contribution >= 0.6 is 0 Å². The Morgan fingerprint density at radius 1 is 1.15 bits per heavy atom. The van der Waals surface area contributed by atoms with Crippen LogP contribution in [0.2, 0.25) is 0 Å². The van der Waals surface area contributed by atoms with Crippen molar-refractivity contribution in [3.8, 4) is 11.5 Å². The highest BCUT2D eigenvalue weighted by Crippen LogP contribution is 2.42. The van der Waals surface area contributed by atoms with E-state index in [2.05, 4.69) is 5.32 Å². The van der Waals surface area contributed by atoms with Crippen LogP contribution in [0.5, 0.6) is 11.5 Å². The van der Waals surface area contributed by atoms with Gasteiger partial charge in [0.05, 0.1) is 20.3 Å². The number of hydrogen-bond donors (Lipinski definition) is 1. The summed E-state index contributed by atoms with van der Waals surface area (Å²) in [5.41, 5.74) is 1.69. The summed E-state index contributed by atoms with van der Waals surface area (Å²) in [4.78, 5) is 42.4. The predicted molar refractivity (Wildman–Crippen MR) is 120 cm³/mol. The number of imide groups is 1. The van der Waals surface area contributed by atoms with Gasteiger partial charge in [-0.3, -0.25) is 14.5 Å². The average Bonchev–Trinajstić information content (AvgIpc) is 3.53. The summed E-state index contributed by atoms with van der Waals surface area (Å²) in [7, 11) is 3.19. The molecule has 0 bridgehead atoms. The zero-order valence-corrected chi connectivity index (χ0v) is 18.8. The number of aryl methyl sites for hydroxylation is 1. The number of rotatable bonds is 5. The lowest BCUT2D eigenvalue weighted by atomic mass is 9.92. The Kier molecular flexibility index (Phi) is 5.23. The van der Waals surface area contributed by atoms with Crippen LogP contribution < -0.4 is 14.8 Å². The highest BCUT2D eigenvalue weighted by atomic mass is 16.5. The lowest BCUT2D eigenvalue weighted by Crippen LogP contribution is -2.44. The molecule has 0 saturated carbocycles. The van der Waals surface area contributed by atoms with Crippen LogP contribution in [0.1, 0.15) is 42.0 Å². The van der Waals surface area contributed by atoms with Crippen LogP contribution in [-0.2, 0) is 21.5 Å². The number of hydrogen-bond acceptors (Lipinski definition) is 5. The van der Waals surface area contributed by atoms with Gasteiger partial charge in [-0.2, -0.15) is 0 Å². The molecule has 1 aliphatic carbocycles. The fourth-order valence-electron chi connectivity index (χ4n) is 5.45. The molecule has 0 aromatic heterocycles. The summed E-state index contributed by atoms with van der Waals surface area (Å²) in [6, 6.07) is 12.5. The maximum absolute atomic E-state index is 13.4. The third kappa shape index (κ3) is 3.32. The van der Waals surface area contributed by atoms with Crippen molar-refractivity contribution in [2.75, 3.05) is 27.3 Å². The second-order valence-electron chi connectivity index (χ2n) is 8.74. The smallest absolute Gasteiger partial charge is 0.325 e. The fourth-order valence-corrected chi connectivity index (χ4v) is 5.45. The molecule has 2 aliphatic heterocycles. The van der Waals surface area contributed by atoms with Crippen molar-refractivity contribution in [3.05, 3.63) is 59.2 Å². The molecule has 33 heavy (non-hydrogen) atoms. The Morgan fingerprint density at radius 2 is 1.97 bits per heavy atom. The molecule has 1 N–H and O–H groups in total. The molecular formula is C25H27N3O5. The summed E-state index contributed by atoms with van der Waals surface area (Å²) < 4.78 is 10.9. The second kappa shape index (κ2) is 8.10. The van der Waals surface area contributed by atoms with Crippen LogP contribution in [0.25, 0.3) is 0 Å². The van der Waals surface area contributed by atoms with Gasteiger partial charge in [0, 0.05) is 12.1 Å². The molecule has 4 amide bonds. The second-order valence-corrected chi connectivity index (χ2v) is 8.74. The molecule has 2 aromatic carbocycles. The van der Waals surface area contributed by atoms with Gasteiger partial charge in [-0.15, -0.1) is 0 Å². The lowest BCUT2D eigenvalue weighted by molar-refractivity contribution is -0.139. The molecule has 172 valence electrons. The first kappa shape index (κ1) is 21.3. The number of carbonyl (C=O) groups is 3. The highest BCUT2D eigenvalue weighted by Gasteiger charge is 2.55. The Hall–Kier alpha value is -3.55. The van der Waals surface area contributed by atoms with Gasteiger partial charge < -0.3 is 19.7 Å². The molecule has 2 saturated heterocycles. The average molecular weight is 450 g/mol. The molecule has 1 spiro atoms. The third-order valence-corrected chi connectivity index (χ3v) is 7.08. The lowest BCUT2D eigenvalue weighted by Gasteiger charge is -2.28. The number of nitrogens with zero attached hydrogens (tertiary/aromatic N) is 2. The zero-order chi connectivity index (χ0) is 23.2. The molecule has 3 aliphatic rings. The fraction of sp³-hybridized carbons (Fsp3) is 0.400. The largest absolute Gasteiger partial charge is 0.497 e. The summed E-state index contributed by atoms with van der Waals surface area (Å²) in [5, 5.41) is 2.89. The van der Waals surface area contributed by atoms with Crippen molar-refractivity contribution in [1.82, 2.24) is 15.1 Å². The number of nitrogens with one attached hydrogen (secondary N) is 1. The van der Waals surface area contributed by atoms with E-state index in [1.165, 1.54) is 0 Å². The van der Waals surface area contributed by atoms with Gasteiger partial charge in [0.2, 0.25) is 5.91 Å². The first-order valence-electron chi connectivity index (χ1n) is 11.2. The van der Waals surface area contributed by atoms with Crippen LogP contribution in [0.4, 0.5) is 4.79 Å². The highest BCUT2D eigenvalue weighted by molar-refractivity contribution is 6.10. The van der Waals surface area contributed by atoms with E-state index in [0.717, 1.165) is 34.4 Å². The van der Waals surface area contributed by atoms with E-state index in [1.54, 1.807) is 19.1 Å². The van der Waals surface area contributed by atoms with Gasteiger partial charge in [0.15, 0.2) is 0 Å². The van der Waals surface area contributed by atoms with E-state index in [4.69, 9.17) is 9.47 Å². The molecule has 8 nitrogen and oxygen atoms in total. The number of amides is 4. The summed E-state index contributed by atoms with van der Waals surface area (Å²) in [6.07, 6.45) is 2.82. The first-order valence-corrected chi connectivity index (χ1v) is 11.2.